The Morgan fingerprint density at radius 2 is 1.72 bits per heavy atom. The number of para-hydroxylation sites is 2. The van der Waals surface area contributed by atoms with Gasteiger partial charge in [-0.1, -0.05) is 30.3 Å². The molecule has 0 N–H and O–H groups in total. The van der Waals surface area contributed by atoms with Crippen LogP contribution in [0.15, 0.2) is 66.7 Å². The Kier molecular flexibility index (Phi) is 4.24. The van der Waals surface area contributed by atoms with Gasteiger partial charge in [0.1, 0.15) is 6.17 Å². The smallest absolute Gasteiger partial charge is 0.262 e. The Balaban J connectivity index is 1.90. The Morgan fingerprint density at radius 3 is 2.44 bits per heavy atom. The Labute approximate surface area is 156 Å². The minimum Gasteiger partial charge on any atom is -0.349 e. The quantitative estimate of drug-likeness (QED) is 0.587. The van der Waals surface area contributed by atoms with Gasteiger partial charge in [-0.15, -0.1) is 22.9 Å². The molecule has 0 saturated carbocycles. The fourth-order valence-electron chi connectivity index (χ4n) is 3.28. The molecule has 0 radical (unpaired) electrons. The molecule has 25 heavy (non-hydrogen) atoms. The first-order valence-electron chi connectivity index (χ1n) is 8.06. The topological polar surface area (TPSA) is 23.6 Å². The summed E-state index contributed by atoms with van der Waals surface area (Å²) in [5.41, 5.74) is 2.56. The van der Waals surface area contributed by atoms with Gasteiger partial charge in [-0.2, -0.15) is 0 Å². The first-order valence-corrected chi connectivity index (χ1v) is 9.41. The fraction of sp³-hybridized carbons (Fsp3) is 0.150. The third-order valence-corrected chi connectivity index (χ3v) is 6.02. The second-order valence-electron chi connectivity index (χ2n) is 5.95. The van der Waals surface area contributed by atoms with Crippen LogP contribution in [0.5, 0.6) is 0 Å². The summed E-state index contributed by atoms with van der Waals surface area (Å²) in [5, 5.41) is 0. The summed E-state index contributed by atoms with van der Waals surface area (Å²) in [7, 11) is 2.03. The van der Waals surface area contributed by atoms with E-state index in [1.54, 1.807) is 11.3 Å². The highest BCUT2D eigenvalue weighted by Crippen LogP contribution is 2.42. The van der Waals surface area contributed by atoms with Crippen molar-refractivity contribution in [3.05, 3.63) is 82.0 Å². The van der Waals surface area contributed by atoms with Crippen molar-refractivity contribution in [1.29, 1.82) is 0 Å². The van der Waals surface area contributed by atoms with Crippen molar-refractivity contribution in [3.63, 3.8) is 0 Å². The van der Waals surface area contributed by atoms with Crippen LogP contribution in [0, 0.1) is 0 Å². The van der Waals surface area contributed by atoms with E-state index in [0.29, 0.717) is 5.88 Å². The van der Waals surface area contributed by atoms with Gasteiger partial charge < -0.3 is 4.90 Å². The molecule has 1 unspecified atom stereocenters. The van der Waals surface area contributed by atoms with Gasteiger partial charge in [0.15, 0.2) is 0 Å². The number of benzene rings is 2. The minimum atomic E-state index is -0.188. The monoisotopic (exact) mass is 368 g/mol. The molecular weight excluding hydrogens is 352 g/mol. The lowest BCUT2D eigenvalue weighted by Crippen LogP contribution is -2.47. The lowest BCUT2D eigenvalue weighted by molar-refractivity contribution is 0.0970. The van der Waals surface area contributed by atoms with Crippen LogP contribution >= 0.6 is 22.9 Å². The Hall–Kier alpha value is -2.30. The zero-order chi connectivity index (χ0) is 17.4. The van der Waals surface area contributed by atoms with Gasteiger partial charge in [-0.25, -0.2) is 0 Å². The maximum Gasteiger partial charge on any atom is 0.262 e. The molecule has 0 spiro atoms. The second-order valence-corrected chi connectivity index (χ2v) is 7.42. The Bertz CT molecular complexity index is 909. The molecule has 1 aromatic heterocycles. The number of hydrogen-bond acceptors (Lipinski definition) is 3. The van der Waals surface area contributed by atoms with Crippen LogP contribution in [-0.2, 0) is 5.88 Å². The predicted molar refractivity (Wildman–Crippen MR) is 105 cm³/mol. The average Bonchev–Trinajstić information content (AvgIpc) is 3.14. The van der Waals surface area contributed by atoms with Crippen LogP contribution in [0.2, 0.25) is 0 Å². The highest BCUT2D eigenvalue weighted by Gasteiger charge is 2.38. The number of nitrogens with zero attached hydrogens (tertiary/aromatic N) is 2. The molecule has 3 aromatic rings. The first kappa shape index (κ1) is 16.2. The highest BCUT2D eigenvalue weighted by atomic mass is 35.5. The molecule has 5 heteroatoms. The molecule has 1 amide bonds. The maximum absolute atomic E-state index is 13.3. The van der Waals surface area contributed by atoms with Gasteiger partial charge in [0.25, 0.3) is 5.91 Å². The van der Waals surface area contributed by atoms with Crippen LogP contribution in [0.25, 0.3) is 0 Å². The molecule has 2 aromatic carbocycles. The molecule has 3 nitrogen and oxygen atoms in total. The summed E-state index contributed by atoms with van der Waals surface area (Å²) in [6, 6.07) is 21.7. The summed E-state index contributed by atoms with van der Waals surface area (Å²) in [4.78, 5) is 19.5. The third kappa shape index (κ3) is 2.71. The number of thiophene rings is 1. The van der Waals surface area contributed by atoms with Crippen molar-refractivity contribution in [1.82, 2.24) is 0 Å². The number of carbonyl (C=O) groups is 1. The summed E-state index contributed by atoms with van der Waals surface area (Å²) < 4.78 is 0. The fourth-order valence-corrected chi connectivity index (χ4v) is 4.53. The minimum absolute atomic E-state index is 0.0192. The molecule has 4 rings (SSSR count). The van der Waals surface area contributed by atoms with E-state index < -0.39 is 0 Å². The van der Waals surface area contributed by atoms with Crippen molar-refractivity contribution in [2.24, 2.45) is 0 Å². The number of amides is 1. The van der Waals surface area contributed by atoms with Crippen LogP contribution in [0.3, 0.4) is 0 Å². The molecule has 1 atom stereocenters. The Morgan fingerprint density at radius 1 is 1.00 bits per heavy atom. The van der Waals surface area contributed by atoms with Crippen molar-refractivity contribution in [2.45, 2.75) is 12.0 Å². The van der Waals surface area contributed by atoms with Crippen LogP contribution in [0.1, 0.15) is 26.3 Å². The molecule has 0 bridgehead atoms. The second kappa shape index (κ2) is 6.54. The largest absolute Gasteiger partial charge is 0.349 e. The van der Waals surface area contributed by atoms with Gasteiger partial charge >= 0.3 is 0 Å². The third-order valence-electron chi connectivity index (χ3n) is 4.45. The van der Waals surface area contributed by atoms with Crippen molar-refractivity contribution in [3.8, 4) is 0 Å². The van der Waals surface area contributed by atoms with Crippen LogP contribution in [-0.4, -0.2) is 13.0 Å². The first-order chi connectivity index (χ1) is 12.2. The summed E-state index contributed by atoms with van der Waals surface area (Å²) in [6.07, 6.45) is -0.188. The van der Waals surface area contributed by atoms with E-state index in [4.69, 9.17) is 11.6 Å². The van der Waals surface area contributed by atoms with E-state index in [1.165, 1.54) is 0 Å². The molecule has 2 heterocycles. The number of rotatable bonds is 3. The van der Waals surface area contributed by atoms with E-state index in [1.807, 2.05) is 72.6 Å². The number of carbonyl (C=O) groups excluding carboxylic acids is 1. The molecule has 1 aliphatic heterocycles. The average molecular weight is 369 g/mol. The molecule has 0 saturated heterocycles. The predicted octanol–water partition coefficient (Wildman–Crippen LogP) is 5.28. The van der Waals surface area contributed by atoms with Gasteiger partial charge in [-0.3, -0.25) is 9.69 Å². The van der Waals surface area contributed by atoms with Crippen LogP contribution in [0.4, 0.5) is 11.4 Å². The van der Waals surface area contributed by atoms with E-state index in [-0.39, 0.29) is 12.1 Å². The number of halogens is 1. The van der Waals surface area contributed by atoms with Crippen LogP contribution < -0.4 is 9.80 Å². The summed E-state index contributed by atoms with van der Waals surface area (Å²) in [5.74, 6) is 0.502. The molecule has 1 aliphatic rings. The molecular formula is C20H17ClN2OS. The van der Waals surface area contributed by atoms with Gasteiger partial charge in [-0.05, 0) is 36.4 Å². The standard InChI is InChI=1S/C20H17ClN2OS/c1-22-17-10-6-5-9-16(17)20(24)23(14-7-3-2-4-8-14)19(22)18-12-11-15(13-21)25-18/h2-12,19H,13H2,1H3. The number of anilines is 2. The number of fused-ring (bicyclic) bond motifs is 1. The molecule has 126 valence electrons. The molecule has 0 aliphatic carbocycles. The summed E-state index contributed by atoms with van der Waals surface area (Å²) in [6.45, 7) is 0. The lowest BCUT2D eigenvalue weighted by Gasteiger charge is -2.43. The zero-order valence-electron chi connectivity index (χ0n) is 13.7. The normalized spacial score (nSPS) is 16.9. The number of hydrogen-bond donors (Lipinski definition) is 0. The summed E-state index contributed by atoms with van der Waals surface area (Å²) >= 11 is 7.65. The van der Waals surface area contributed by atoms with Crippen molar-refractivity contribution < 1.29 is 4.79 Å². The van der Waals surface area contributed by atoms with E-state index >= 15 is 0 Å². The van der Waals surface area contributed by atoms with E-state index in [9.17, 15) is 4.79 Å². The lowest BCUT2D eigenvalue weighted by atomic mass is 10.0. The maximum atomic E-state index is 13.3. The molecule has 0 fully saturated rings. The zero-order valence-corrected chi connectivity index (χ0v) is 15.3. The van der Waals surface area contributed by atoms with Crippen molar-refractivity contribution >= 4 is 40.2 Å². The van der Waals surface area contributed by atoms with Gasteiger partial charge in [0.2, 0.25) is 0 Å². The van der Waals surface area contributed by atoms with E-state index in [2.05, 4.69) is 11.0 Å². The van der Waals surface area contributed by atoms with E-state index in [0.717, 1.165) is 26.7 Å². The highest BCUT2D eigenvalue weighted by molar-refractivity contribution is 7.12. The van der Waals surface area contributed by atoms with Gasteiger partial charge in [0.05, 0.1) is 17.1 Å². The SMILES string of the molecule is CN1c2ccccc2C(=O)N(c2ccccc2)C1c1ccc(CCl)s1. The van der Waals surface area contributed by atoms with Gasteiger partial charge in [0, 0.05) is 22.5 Å². The number of alkyl halides is 1. The van der Waals surface area contributed by atoms with Crippen molar-refractivity contribution in [2.75, 3.05) is 16.8 Å².